The molecule has 2 rings (SSSR count). The van der Waals surface area contributed by atoms with Crippen LogP contribution >= 0.6 is 0 Å². The molecule has 0 atom stereocenters. The molecular weight excluding hydrogens is 260 g/mol. The predicted molar refractivity (Wildman–Crippen MR) is 88.8 cm³/mol. The van der Waals surface area contributed by atoms with Crippen molar-refractivity contribution >= 4 is 11.6 Å². The minimum absolute atomic E-state index is 0.149. The summed E-state index contributed by atoms with van der Waals surface area (Å²) < 4.78 is 0. The van der Waals surface area contributed by atoms with Gasteiger partial charge in [-0.05, 0) is 55.0 Å². The van der Waals surface area contributed by atoms with Crippen molar-refractivity contribution < 1.29 is 4.79 Å². The van der Waals surface area contributed by atoms with Gasteiger partial charge >= 0.3 is 0 Å². The van der Waals surface area contributed by atoms with Crippen LogP contribution in [0.3, 0.4) is 0 Å². The Bertz CT molecular complexity index is 488. The summed E-state index contributed by atoms with van der Waals surface area (Å²) in [5.74, 6) is 1.25. The van der Waals surface area contributed by atoms with Crippen LogP contribution in [0, 0.1) is 5.92 Å². The molecule has 1 heterocycles. The van der Waals surface area contributed by atoms with Gasteiger partial charge < -0.3 is 10.6 Å². The van der Waals surface area contributed by atoms with E-state index in [1.54, 1.807) is 0 Å². The van der Waals surface area contributed by atoms with E-state index in [-0.39, 0.29) is 11.8 Å². The molecule has 0 unspecified atom stereocenters. The van der Waals surface area contributed by atoms with Gasteiger partial charge in [-0.3, -0.25) is 4.79 Å². The molecule has 3 nitrogen and oxygen atoms in total. The Labute approximate surface area is 128 Å². The molecule has 0 aromatic heterocycles. The van der Waals surface area contributed by atoms with E-state index in [1.807, 2.05) is 0 Å². The molecule has 0 bridgehead atoms. The lowest BCUT2D eigenvalue weighted by Crippen LogP contribution is -2.34. The highest BCUT2D eigenvalue weighted by Gasteiger charge is 2.22. The van der Waals surface area contributed by atoms with E-state index in [9.17, 15) is 4.79 Å². The maximum atomic E-state index is 12.4. The fourth-order valence-corrected chi connectivity index (χ4v) is 2.85. The average molecular weight is 288 g/mol. The molecule has 0 saturated carbocycles. The van der Waals surface area contributed by atoms with Gasteiger partial charge in [0.05, 0.1) is 0 Å². The van der Waals surface area contributed by atoms with Crippen LogP contribution in [0.15, 0.2) is 18.2 Å². The van der Waals surface area contributed by atoms with Crippen LogP contribution in [0.2, 0.25) is 0 Å². The molecule has 1 aliphatic heterocycles. The van der Waals surface area contributed by atoms with Gasteiger partial charge in [-0.1, -0.05) is 39.8 Å². The lowest BCUT2D eigenvalue weighted by molar-refractivity contribution is -0.120. The van der Waals surface area contributed by atoms with Crippen molar-refractivity contribution in [3.05, 3.63) is 29.3 Å². The number of amides is 1. The number of carbonyl (C=O) groups excluding carboxylic acids is 1. The monoisotopic (exact) mass is 288 g/mol. The van der Waals surface area contributed by atoms with Crippen molar-refractivity contribution in [3.8, 4) is 0 Å². The number of hydrogen-bond acceptors (Lipinski definition) is 2. The summed E-state index contributed by atoms with van der Waals surface area (Å²) >= 11 is 0. The molecule has 0 spiro atoms. The third-order valence-corrected chi connectivity index (χ3v) is 4.33. The molecular formula is C18H28N2O. The zero-order chi connectivity index (χ0) is 15.4. The largest absolute Gasteiger partial charge is 0.326 e. The zero-order valence-corrected chi connectivity index (χ0v) is 13.7. The number of nitrogens with one attached hydrogen (secondary N) is 2. The highest BCUT2D eigenvalue weighted by Crippen LogP contribution is 2.29. The Morgan fingerprint density at radius 3 is 2.38 bits per heavy atom. The second-order valence-electron chi connectivity index (χ2n) is 6.67. The maximum Gasteiger partial charge on any atom is 0.227 e. The third kappa shape index (κ3) is 4.07. The predicted octanol–water partition coefficient (Wildman–Crippen LogP) is 3.87. The van der Waals surface area contributed by atoms with Gasteiger partial charge in [0.2, 0.25) is 5.91 Å². The molecule has 1 saturated heterocycles. The van der Waals surface area contributed by atoms with Crippen molar-refractivity contribution in [2.24, 2.45) is 5.92 Å². The molecule has 0 aliphatic carbocycles. The van der Waals surface area contributed by atoms with E-state index in [1.165, 1.54) is 11.1 Å². The summed E-state index contributed by atoms with van der Waals surface area (Å²) in [6.45, 7) is 10.7. The first-order valence-electron chi connectivity index (χ1n) is 8.14. The molecule has 1 fully saturated rings. The summed E-state index contributed by atoms with van der Waals surface area (Å²) in [5, 5.41) is 6.46. The summed E-state index contributed by atoms with van der Waals surface area (Å²) in [7, 11) is 0. The van der Waals surface area contributed by atoms with Gasteiger partial charge in [0.1, 0.15) is 0 Å². The molecule has 116 valence electrons. The number of rotatable bonds is 4. The van der Waals surface area contributed by atoms with E-state index in [0.29, 0.717) is 11.8 Å². The summed E-state index contributed by atoms with van der Waals surface area (Å²) in [5.41, 5.74) is 3.56. The molecule has 1 amide bonds. The van der Waals surface area contributed by atoms with Crippen LogP contribution < -0.4 is 10.6 Å². The van der Waals surface area contributed by atoms with Gasteiger partial charge in [0, 0.05) is 11.6 Å². The smallest absolute Gasteiger partial charge is 0.227 e. The minimum Gasteiger partial charge on any atom is -0.326 e. The maximum absolute atomic E-state index is 12.4. The molecule has 21 heavy (non-hydrogen) atoms. The van der Waals surface area contributed by atoms with Gasteiger partial charge in [-0.2, -0.15) is 0 Å². The lowest BCUT2D eigenvalue weighted by Gasteiger charge is -2.23. The second-order valence-corrected chi connectivity index (χ2v) is 6.67. The molecule has 1 aromatic carbocycles. The van der Waals surface area contributed by atoms with Gasteiger partial charge in [0.15, 0.2) is 0 Å². The van der Waals surface area contributed by atoms with Gasteiger partial charge in [0.25, 0.3) is 0 Å². The standard InChI is InChI=1S/C18H28N2O/c1-12(2)15-5-6-17(16(11-15)13(3)4)20-18(21)14-7-9-19-10-8-14/h5-6,11-14,19H,7-10H2,1-4H3,(H,20,21). The third-order valence-electron chi connectivity index (χ3n) is 4.33. The van der Waals surface area contributed by atoms with Crippen LogP contribution in [0.25, 0.3) is 0 Å². The highest BCUT2D eigenvalue weighted by atomic mass is 16.1. The number of piperidine rings is 1. The minimum atomic E-state index is 0.149. The highest BCUT2D eigenvalue weighted by molar-refractivity contribution is 5.93. The number of benzene rings is 1. The number of anilines is 1. The molecule has 1 aliphatic rings. The van der Waals surface area contributed by atoms with Crippen LogP contribution in [0.4, 0.5) is 5.69 Å². The molecule has 2 N–H and O–H groups in total. The van der Waals surface area contributed by atoms with E-state index >= 15 is 0 Å². The van der Waals surface area contributed by atoms with E-state index in [2.05, 4.69) is 56.5 Å². The number of hydrogen-bond donors (Lipinski definition) is 2. The Morgan fingerprint density at radius 1 is 1.14 bits per heavy atom. The Kier molecular flexibility index (Phi) is 5.40. The molecule has 0 radical (unpaired) electrons. The van der Waals surface area contributed by atoms with Crippen molar-refractivity contribution in [1.82, 2.24) is 5.32 Å². The van der Waals surface area contributed by atoms with Crippen molar-refractivity contribution in [2.75, 3.05) is 18.4 Å². The summed E-state index contributed by atoms with van der Waals surface area (Å²) in [6, 6.07) is 6.45. The van der Waals surface area contributed by atoms with Crippen LogP contribution in [-0.2, 0) is 4.79 Å². The molecule has 1 aromatic rings. The first-order chi connectivity index (χ1) is 9.99. The van der Waals surface area contributed by atoms with Crippen LogP contribution in [0.1, 0.15) is 63.5 Å². The van der Waals surface area contributed by atoms with E-state index in [4.69, 9.17) is 0 Å². The second kappa shape index (κ2) is 7.08. The fourth-order valence-electron chi connectivity index (χ4n) is 2.85. The quantitative estimate of drug-likeness (QED) is 0.883. The fraction of sp³-hybridized carbons (Fsp3) is 0.611. The van der Waals surface area contributed by atoms with Crippen LogP contribution in [-0.4, -0.2) is 19.0 Å². The first-order valence-corrected chi connectivity index (χ1v) is 8.14. The lowest BCUT2D eigenvalue weighted by atomic mass is 9.93. The Morgan fingerprint density at radius 2 is 1.81 bits per heavy atom. The molecule has 3 heteroatoms. The van der Waals surface area contributed by atoms with E-state index in [0.717, 1.165) is 31.6 Å². The van der Waals surface area contributed by atoms with Crippen LogP contribution in [0.5, 0.6) is 0 Å². The SMILES string of the molecule is CC(C)c1ccc(NC(=O)C2CCNCC2)c(C(C)C)c1. The summed E-state index contributed by atoms with van der Waals surface area (Å²) in [4.78, 5) is 12.4. The van der Waals surface area contributed by atoms with E-state index < -0.39 is 0 Å². The van der Waals surface area contributed by atoms with Gasteiger partial charge in [-0.15, -0.1) is 0 Å². The van der Waals surface area contributed by atoms with Crippen molar-refractivity contribution in [1.29, 1.82) is 0 Å². The zero-order valence-electron chi connectivity index (χ0n) is 13.7. The normalized spacial score (nSPS) is 16.5. The number of carbonyl (C=O) groups is 1. The van der Waals surface area contributed by atoms with Gasteiger partial charge in [-0.25, -0.2) is 0 Å². The Balaban J connectivity index is 2.16. The topological polar surface area (TPSA) is 41.1 Å². The van der Waals surface area contributed by atoms with Crippen molar-refractivity contribution in [3.63, 3.8) is 0 Å². The first kappa shape index (κ1) is 16.0. The van der Waals surface area contributed by atoms with Crippen molar-refractivity contribution in [2.45, 2.75) is 52.4 Å². The average Bonchev–Trinajstić information content (AvgIpc) is 2.48. The Hall–Kier alpha value is -1.35. The summed E-state index contributed by atoms with van der Waals surface area (Å²) in [6.07, 6.45) is 1.87.